The molecule has 3 atom stereocenters. The minimum Gasteiger partial charge on any atom is -0.322 e. The van der Waals surface area contributed by atoms with Crippen LogP contribution in [0.4, 0.5) is 4.39 Å². The summed E-state index contributed by atoms with van der Waals surface area (Å²) in [6.45, 7) is 6.70. The van der Waals surface area contributed by atoms with Crippen molar-refractivity contribution in [2.75, 3.05) is 13.1 Å². The Morgan fingerprint density at radius 3 is 2.10 bits per heavy atom. The molecule has 3 amide bonds. The average Bonchev–Trinajstić information content (AvgIpc) is 3.26. The third-order valence-electron chi connectivity index (χ3n) is 8.77. The summed E-state index contributed by atoms with van der Waals surface area (Å²) >= 11 is 0. The zero-order valence-electron chi connectivity index (χ0n) is 23.4. The van der Waals surface area contributed by atoms with Crippen molar-refractivity contribution in [1.29, 1.82) is 0 Å². The Hall–Kier alpha value is -3.88. The maximum Gasteiger partial charge on any atom is 0.255 e. The third kappa shape index (κ3) is 5.29. The molecule has 0 aromatic heterocycles. The summed E-state index contributed by atoms with van der Waals surface area (Å²) in [5.41, 5.74) is 4.08. The zero-order valence-corrected chi connectivity index (χ0v) is 23.4. The lowest BCUT2D eigenvalue weighted by molar-refractivity contribution is -0.136. The molecule has 3 unspecified atom stereocenters. The topological polar surface area (TPSA) is 73.0 Å². The van der Waals surface area contributed by atoms with Crippen molar-refractivity contribution >= 4 is 17.7 Å². The smallest absolute Gasteiger partial charge is 0.255 e. The van der Waals surface area contributed by atoms with Crippen molar-refractivity contribution < 1.29 is 18.8 Å². The Bertz CT molecular complexity index is 1410. The summed E-state index contributed by atoms with van der Waals surface area (Å²) in [7, 11) is 0. The van der Waals surface area contributed by atoms with Crippen molar-refractivity contribution in [1.82, 2.24) is 20.0 Å². The number of piperidine rings is 1. The number of hydrogen-bond acceptors (Lipinski definition) is 5. The number of nitrogens with zero attached hydrogens (tertiary/aromatic N) is 3. The van der Waals surface area contributed by atoms with Gasteiger partial charge in [0.1, 0.15) is 11.9 Å². The monoisotopic (exact) mass is 554 g/mol. The van der Waals surface area contributed by atoms with Gasteiger partial charge in [-0.3, -0.25) is 29.5 Å². The molecule has 0 spiro atoms. The number of rotatable bonds is 6. The number of amides is 3. The third-order valence-corrected chi connectivity index (χ3v) is 8.77. The first-order valence-electron chi connectivity index (χ1n) is 14.4. The van der Waals surface area contributed by atoms with Crippen molar-refractivity contribution in [3.8, 4) is 0 Å². The summed E-state index contributed by atoms with van der Waals surface area (Å²) in [5, 5.41) is 2.32. The highest BCUT2D eigenvalue weighted by Crippen LogP contribution is 2.34. The van der Waals surface area contributed by atoms with E-state index in [1.807, 2.05) is 12.1 Å². The molecular weight excluding hydrogens is 519 g/mol. The molecule has 7 nitrogen and oxygen atoms in total. The van der Waals surface area contributed by atoms with Crippen molar-refractivity contribution in [3.63, 3.8) is 0 Å². The van der Waals surface area contributed by atoms with Gasteiger partial charge in [-0.25, -0.2) is 4.39 Å². The second-order valence-electron chi connectivity index (χ2n) is 11.5. The van der Waals surface area contributed by atoms with E-state index in [-0.39, 0.29) is 49.3 Å². The molecule has 3 aromatic carbocycles. The summed E-state index contributed by atoms with van der Waals surface area (Å²) < 4.78 is 15.4. The van der Waals surface area contributed by atoms with E-state index in [1.165, 1.54) is 22.1 Å². The van der Waals surface area contributed by atoms with Crippen molar-refractivity contribution in [2.24, 2.45) is 0 Å². The minimum absolute atomic E-state index is 0.130. The number of imide groups is 1. The van der Waals surface area contributed by atoms with Gasteiger partial charge in [-0.05, 0) is 49.1 Å². The number of fused-ring (bicyclic) bond motifs is 1. The van der Waals surface area contributed by atoms with Crippen LogP contribution in [-0.4, -0.2) is 63.6 Å². The number of halogens is 1. The number of carbonyl (C=O) groups is 3. The Balaban J connectivity index is 1.20. The molecular formula is C33H35FN4O3. The van der Waals surface area contributed by atoms with E-state index in [0.29, 0.717) is 17.7 Å². The van der Waals surface area contributed by atoms with Crippen LogP contribution in [0.3, 0.4) is 0 Å². The van der Waals surface area contributed by atoms with E-state index in [1.54, 1.807) is 6.07 Å². The molecule has 3 heterocycles. The quantitative estimate of drug-likeness (QED) is 0.461. The maximum absolute atomic E-state index is 15.4. The molecule has 3 aromatic rings. The van der Waals surface area contributed by atoms with Crippen molar-refractivity contribution in [3.05, 3.63) is 106 Å². The molecule has 212 valence electrons. The first-order valence-corrected chi connectivity index (χ1v) is 14.4. The SMILES string of the molecule is CC1CN(C(c2ccccc2)c2ccccc2)CC(C)N1Cc1cc2c(cc1F)C(=O)N(C1CCC(=O)NC1=O)C2. The van der Waals surface area contributed by atoms with Gasteiger partial charge in [0.25, 0.3) is 5.91 Å². The lowest BCUT2D eigenvalue weighted by Crippen LogP contribution is -2.57. The minimum atomic E-state index is -0.714. The molecule has 2 saturated heterocycles. The fourth-order valence-corrected chi connectivity index (χ4v) is 6.76. The Kier molecular flexibility index (Phi) is 7.45. The van der Waals surface area contributed by atoms with Gasteiger partial charge in [0.15, 0.2) is 0 Å². The molecule has 2 fully saturated rings. The Morgan fingerprint density at radius 1 is 0.902 bits per heavy atom. The highest BCUT2D eigenvalue weighted by Gasteiger charge is 2.40. The molecule has 8 heteroatoms. The summed E-state index contributed by atoms with van der Waals surface area (Å²) in [6.07, 6.45) is 0.472. The first-order chi connectivity index (χ1) is 19.8. The molecule has 1 N–H and O–H groups in total. The fourth-order valence-electron chi connectivity index (χ4n) is 6.76. The van der Waals surface area contributed by atoms with Gasteiger partial charge < -0.3 is 4.90 Å². The molecule has 0 aliphatic carbocycles. The van der Waals surface area contributed by atoms with E-state index in [2.05, 4.69) is 77.5 Å². The van der Waals surface area contributed by atoms with Crippen LogP contribution in [0.5, 0.6) is 0 Å². The standard InChI is InChI=1S/C33H35FN4O3/c1-21-17-36(31(23-9-5-3-6-10-23)24-11-7-4-8-12-24)18-22(2)37(21)20-26-15-25-19-38(33(41)27(25)16-28(26)34)29-13-14-30(39)35-32(29)40/h3-12,15-16,21-22,29,31H,13-14,17-20H2,1-2H3,(H,35,39,40). The molecule has 41 heavy (non-hydrogen) atoms. The number of nitrogens with one attached hydrogen (secondary N) is 1. The van der Waals surface area contributed by atoms with Gasteiger partial charge in [-0.15, -0.1) is 0 Å². The summed E-state index contributed by atoms with van der Waals surface area (Å²) in [5.74, 6) is -1.56. The lowest BCUT2D eigenvalue weighted by Gasteiger charge is -2.47. The van der Waals surface area contributed by atoms with Gasteiger partial charge in [0.05, 0.1) is 6.04 Å². The van der Waals surface area contributed by atoms with Crippen LogP contribution in [0.15, 0.2) is 72.8 Å². The number of benzene rings is 3. The summed E-state index contributed by atoms with van der Waals surface area (Å²) in [4.78, 5) is 43.4. The molecule has 6 rings (SSSR count). The van der Waals surface area contributed by atoms with Gasteiger partial charge >= 0.3 is 0 Å². The molecule has 0 radical (unpaired) electrons. The lowest BCUT2D eigenvalue weighted by atomic mass is 9.94. The second-order valence-corrected chi connectivity index (χ2v) is 11.5. The average molecular weight is 555 g/mol. The Morgan fingerprint density at radius 2 is 1.51 bits per heavy atom. The van der Waals surface area contributed by atoms with Crippen LogP contribution in [0.1, 0.15) is 65.3 Å². The molecule has 3 aliphatic rings. The van der Waals surface area contributed by atoms with Crippen LogP contribution in [0.25, 0.3) is 0 Å². The van der Waals surface area contributed by atoms with Crippen LogP contribution in [0.2, 0.25) is 0 Å². The van der Waals surface area contributed by atoms with Gasteiger partial charge in [0, 0.05) is 55.8 Å². The van der Waals surface area contributed by atoms with E-state index in [0.717, 1.165) is 18.7 Å². The molecule has 0 saturated carbocycles. The maximum atomic E-state index is 15.4. The second kappa shape index (κ2) is 11.2. The fraction of sp³-hybridized carbons (Fsp3) is 0.364. The normalized spacial score (nSPS) is 23.7. The van der Waals surface area contributed by atoms with E-state index >= 15 is 4.39 Å². The number of hydrogen-bond donors (Lipinski definition) is 1. The molecule has 3 aliphatic heterocycles. The molecule has 0 bridgehead atoms. The van der Waals surface area contributed by atoms with E-state index in [4.69, 9.17) is 0 Å². The van der Waals surface area contributed by atoms with Crippen LogP contribution in [0, 0.1) is 5.82 Å². The number of carbonyl (C=O) groups excluding carboxylic acids is 3. The predicted molar refractivity (Wildman–Crippen MR) is 153 cm³/mol. The zero-order chi connectivity index (χ0) is 28.7. The van der Waals surface area contributed by atoms with E-state index in [9.17, 15) is 14.4 Å². The van der Waals surface area contributed by atoms with Crippen LogP contribution in [-0.2, 0) is 22.7 Å². The predicted octanol–water partition coefficient (Wildman–Crippen LogP) is 4.27. The summed E-state index contributed by atoms with van der Waals surface area (Å²) in [6, 6.07) is 24.0. The van der Waals surface area contributed by atoms with E-state index < -0.39 is 17.8 Å². The van der Waals surface area contributed by atoms with Gasteiger partial charge in [-0.2, -0.15) is 0 Å². The Labute approximate surface area is 239 Å². The highest BCUT2D eigenvalue weighted by molar-refractivity contribution is 6.05. The largest absolute Gasteiger partial charge is 0.322 e. The first kappa shape index (κ1) is 27.3. The highest BCUT2D eigenvalue weighted by atomic mass is 19.1. The number of piperazine rings is 1. The van der Waals surface area contributed by atoms with Crippen LogP contribution < -0.4 is 5.32 Å². The van der Waals surface area contributed by atoms with Crippen molar-refractivity contribution in [2.45, 2.75) is 63.9 Å². The van der Waals surface area contributed by atoms with Crippen LogP contribution >= 0.6 is 0 Å². The van der Waals surface area contributed by atoms with Gasteiger partial charge in [-0.1, -0.05) is 60.7 Å². The van der Waals surface area contributed by atoms with Gasteiger partial charge in [0.2, 0.25) is 11.8 Å².